The van der Waals surface area contributed by atoms with Crippen molar-refractivity contribution in [3.63, 3.8) is 0 Å². The highest BCUT2D eigenvalue weighted by Crippen LogP contribution is 2.28. The van der Waals surface area contributed by atoms with Gasteiger partial charge in [0, 0.05) is 22.7 Å². The van der Waals surface area contributed by atoms with Crippen molar-refractivity contribution in [2.75, 3.05) is 19.4 Å². The summed E-state index contributed by atoms with van der Waals surface area (Å²) in [5, 5.41) is 3.47. The third-order valence-electron chi connectivity index (χ3n) is 2.08. The van der Waals surface area contributed by atoms with Crippen LogP contribution in [0.5, 0.6) is 5.75 Å². The third-order valence-corrected chi connectivity index (χ3v) is 3.14. The predicted molar refractivity (Wildman–Crippen MR) is 71.5 cm³/mol. The van der Waals surface area contributed by atoms with Gasteiger partial charge in [-0.2, -0.15) is 0 Å². The number of thioether (sulfide) groups is 1. The van der Waals surface area contributed by atoms with E-state index in [9.17, 15) is 0 Å². The smallest absolute Gasteiger partial charge is 0.132 e. The van der Waals surface area contributed by atoms with Crippen LogP contribution in [-0.2, 0) is 0 Å². The van der Waals surface area contributed by atoms with Gasteiger partial charge in [0.25, 0.3) is 0 Å². The molecular formula is C13H21NOS. The first-order valence-corrected chi connectivity index (χ1v) is 6.52. The minimum Gasteiger partial charge on any atom is -0.496 e. The molecule has 1 N–H and O–H groups in total. The van der Waals surface area contributed by atoms with Crippen molar-refractivity contribution in [3.05, 3.63) is 24.3 Å². The second-order valence-corrected chi connectivity index (χ2v) is 5.81. The molecule has 2 nitrogen and oxygen atoms in total. The van der Waals surface area contributed by atoms with Crippen LogP contribution in [0.25, 0.3) is 0 Å². The molecule has 0 radical (unpaired) electrons. The summed E-state index contributed by atoms with van der Waals surface area (Å²) in [7, 11) is 1.72. The van der Waals surface area contributed by atoms with Crippen LogP contribution in [0.3, 0.4) is 0 Å². The van der Waals surface area contributed by atoms with Crippen LogP contribution in [0.1, 0.15) is 20.8 Å². The van der Waals surface area contributed by atoms with E-state index in [1.807, 2.05) is 30.0 Å². The highest BCUT2D eigenvalue weighted by Gasteiger charge is 2.08. The molecule has 0 aliphatic heterocycles. The zero-order valence-electron chi connectivity index (χ0n) is 10.5. The highest BCUT2D eigenvalue weighted by atomic mass is 32.2. The molecule has 1 aromatic rings. The van der Waals surface area contributed by atoms with Crippen LogP contribution in [-0.4, -0.2) is 24.9 Å². The summed E-state index contributed by atoms with van der Waals surface area (Å²) in [6, 6.07) is 8.14. The standard InChI is InChI=1S/C13H21NOS/c1-13(2,3)14-9-10-16-12-8-6-5-7-11(12)15-4/h5-8,14H,9-10H2,1-4H3. The van der Waals surface area contributed by atoms with Gasteiger partial charge in [-0.1, -0.05) is 12.1 Å². The average molecular weight is 239 g/mol. The van der Waals surface area contributed by atoms with Crippen LogP contribution in [0.4, 0.5) is 0 Å². The molecule has 0 amide bonds. The summed E-state index contributed by atoms with van der Waals surface area (Å²) in [5.74, 6) is 2.01. The van der Waals surface area contributed by atoms with Gasteiger partial charge in [-0.3, -0.25) is 0 Å². The Bertz CT molecular complexity index is 320. The number of para-hydroxylation sites is 1. The van der Waals surface area contributed by atoms with Gasteiger partial charge in [0.15, 0.2) is 0 Å². The van der Waals surface area contributed by atoms with E-state index in [0.717, 1.165) is 18.0 Å². The SMILES string of the molecule is COc1ccccc1SCCNC(C)(C)C. The van der Waals surface area contributed by atoms with Crippen molar-refractivity contribution >= 4 is 11.8 Å². The molecule has 0 aliphatic rings. The van der Waals surface area contributed by atoms with Crippen LogP contribution in [0.2, 0.25) is 0 Å². The number of nitrogens with one attached hydrogen (secondary N) is 1. The molecule has 1 rings (SSSR count). The Kier molecular flexibility index (Phi) is 5.16. The maximum absolute atomic E-state index is 5.30. The average Bonchev–Trinajstić information content (AvgIpc) is 2.23. The van der Waals surface area contributed by atoms with E-state index in [4.69, 9.17) is 4.74 Å². The van der Waals surface area contributed by atoms with Crippen LogP contribution in [0.15, 0.2) is 29.2 Å². The number of rotatable bonds is 5. The minimum atomic E-state index is 0.196. The molecule has 1 aromatic carbocycles. The molecule has 0 spiro atoms. The molecule has 0 aromatic heterocycles. The van der Waals surface area contributed by atoms with Gasteiger partial charge in [-0.15, -0.1) is 11.8 Å². The Morgan fingerprint density at radius 1 is 1.25 bits per heavy atom. The molecule has 16 heavy (non-hydrogen) atoms. The van der Waals surface area contributed by atoms with Gasteiger partial charge in [0.2, 0.25) is 0 Å². The normalized spacial score (nSPS) is 11.5. The Labute approximate surface area is 103 Å². The first-order valence-electron chi connectivity index (χ1n) is 5.54. The summed E-state index contributed by atoms with van der Waals surface area (Å²) in [4.78, 5) is 1.21. The zero-order chi connectivity index (χ0) is 12.0. The number of ether oxygens (including phenoxy) is 1. The van der Waals surface area contributed by atoms with Gasteiger partial charge in [-0.05, 0) is 32.9 Å². The first kappa shape index (κ1) is 13.4. The summed E-state index contributed by atoms with van der Waals surface area (Å²) >= 11 is 1.82. The second kappa shape index (κ2) is 6.16. The van der Waals surface area contributed by atoms with Gasteiger partial charge in [0.05, 0.1) is 7.11 Å². The fraction of sp³-hybridized carbons (Fsp3) is 0.538. The Morgan fingerprint density at radius 2 is 1.94 bits per heavy atom. The van der Waals surface area contributed by atoms with Gasteiger partial charge in [0.1, 0.15) is 5.75 Å². The van der Waals surface area contributed by atoms with Crippen molar-refractivity contribution in [2.45, 2.75) is 31.2 Å². The first-order chi connectivity index (χ1) is 7.53. The van der Waals surface area contributed by atoms with Crippen molar-refractivity contribution < 1.29 is 4.74 Å². The van der Waals surface area contributed by atoms with E-state index in [0.29, 0.717) is 0 Å². The van der Waals surface area contributed by atoms with Crippen molar-refractivity contribution in [3.8, 4) is 5.75 Å². The molecule has 0 heterocycles. The van der Waals surface area contributed by atoms with Crippen molar-refractivity contribution in [1.82, 2.24) is 5.32 Å². The molecule has 0 fully saturated rings. The maximum Gasteiger partial charge on any atom is 0.132 e. The Morgan fingerprint density at radius 3 is 2.56 bits per heavy atom. The minimum absolute atomic E-state index is 0.196. The van der Waals surface area contributed by atoms with E-state index in [2.05, 4.69) is 32.2 Å². The van der Waals surface area contributed by atoms with E-state index in [1.54, 1.807) is 7.11 Å². The maximum atomic E-state index is 5.30. The summed E-state index contributed by atoms with van der Waals surface area (Å²) < 4.78 is 5.30. The van der Waals surface area contributed by atoms with Crippen LogP contribution in [0, 0.1) is 0 Å². The predicted octanol–water partition coefficient (Wildman–Crippen LogP) is 3.18. The van der Waals surface area contributed by atoms with Crippen LogP contribution >= 0.6 is 11.8 Å². The van der Waals surface area contributed by atoms with Crippen LogP contribution < -0.4 is 10.1 Å². The topological polar surface area (TPSA) is 21.3 Å². The zero-order valence-corrected chi connectivity index (χ0v) is 11.4. The fourth-order valence-corrected chi connectivity index (χ4v) is 2.22. The molecule has 0 saturated heterocycles. The van der Waals surface area contributed by atoms with Gasteiger partial charge in [-0.25, -0.2) is 0 Å². The lowest BCUT2D eigenvalue weighted by Gasteiger charge is -2.20. The number of methoxy groups -OCH3 is 1. The van der Waals surface area contributed by atoms with E-state index in [-0.39, 0.29) is 5.54 Å². The molecule has 0 atom stereocenters. The quantitative estimate of drug-likeness (QED) is 0.630. The van der Waals surface area contributed by atoms with E-state index >= 15 is 0 Å². The summed E-state index contributed by atoms with van der Waals surface area (Å²) in [6.45, 7) is 7.55. The summed E-state index contributed by atoms with van der Waals surface area (Å²) in [6.07, 6.45) is 0. The number of benzene rings is 1. The second-order valence-electron chi connectivity index (χ2n) is 4.68. The summed E-state index contributed by atoms with van der Waals surface area (Å²) in [5.41, 5.74) is 0.196. The van der Waals surface area contributed by atoms with E-state index < -0.39 is 0 Å². The van der Waals surface area contributed by atoms with Gasteiger partial charge < -0.3 is 10.1 Å². The largest absolute Gasteiger partial charge is 0.496 e. The number of hydrogen-bond acceptors (Lipinski definition) is 3. The van der Waals surface area contributed by atoms with Crippen molar-refractivity contribution in [1.29, 1.82) is 0 Å². The molecule has 3 heteroatoms. The molecule has 0 aliphatic carbocycles. The third kappa shape index (κ3) is 4.90. The molecule has 0 unspecified atom stereocenters. The lowest BCUT2D eigenvalue weighted by molar-refractivity contribution is 0.404. The molecule has 0 bridgehead atoms. The van der Waals surface area contributed by atoms with Gasteiger partial charge >= 0.3 is 0 Å². The Balaban J connectivity index is 2.37. The highest BCUT2D eigenvalue weighted by molar-refractivity contribution is 7.99. The fourth-order valence-electron chi connectivity index (χ4n) is 1.33. The monoisotopic (exact) mass is 239 g/mol. The van der Waals surface area contributed by atoms with E-state index in [1.165, 1.54) is 4.90 Å². The lowest BCUT2D eigenvalue weighted by Crippen LogP contribution is -2.37. The molecule has 90 valence electrons. The Hall–Kier alpha value is -0.670. The molecule has 0 saturated carbocycles. The number of hydrogen-bond donors (Lipinski definition) is 1. The van der Waals surface area contributed by atoms with Crippen molar-refractivity contribution in [2.24, 2.45) is 0 Å². The molecular weight excluding hydrogens is 218 g/mol. The lowest BCUT2D eigenvalue weighted by atomic mass is 10.1.